The van der Waals surface area contributed by atoms with Gasteiger partial charge in [-0.05, 0) is 120 Å². The predicted octanol–water partition coefficient (Wildman–Crippen LogP) is 6.13. The molecular formula is C28H48O3. The molecule has 0 aromatic heterocycles. The molecule has 31 heavy (non-hydrogen) atoms. The highest BCUT2D eigenvalue weighted by molar-refractivity contribution is 5.28. The van der Waals surface area contributed by atoms with E-state index in [0.717, 1.165) is 56.5 Å². The maximum absolute atomic E-state index is 10.8. The summed E-state index contributed by atoms with van der Waals surface area (Å²) in [5.74, 6) is 3.77. The van der Waals surface area contributed by atoms with Gasteiger partial charge >= 0.3 is 0 Å². The lowest BCUT2D eigenvalue weighted by molar-refractivity contribution is -0.0978. The summed E-state index contributed by atoms with van der Waals surface area (Å²) >= 11 is 0. The molecule has 0 heterocycles. The van der Waals surface area contributed by atoms with E-state index in [-0.39, 0.29) is 5.41 Å². The van der Waals surface area contributed by atoms with Gasteiger partial charge in [0.05, 0.1) is 17.8 Å². The van der Waals surface area contributed by atoms with Crippen molar-refractivity contribution in [3.05, 3.63) is 11.6 Å². The molecular weight excluding hydrogens is 384 g/mol. The van der Waals surface area contributed by atoms with E-state index in [4.69, 9.17) is 4.74 Å². The number of hydrogen-bond acceptors (Lipinski definition) is 3. The molecule has 3 fully saturated rings. The molecule has 0 aromatic carbocycles. The molecule has 178 valence electrons. The molecule has 0 radical (unpaired) electrons. The number of methoxy groups -OCH3 is 1. The Labute approximate surface area is 191 Å². The Balaban J connectivity index is 1.57. The van der Waals surface area contributed by atoms with Crippen molar-refractivity contribution in [3.8, 4) is 0 Å². The molecule has 0 spiro atoms. The fourth-order valence-electron chi connectivity index (χ4n) is 8.89. The van der Waals surface area contributed by atoms with E-state index in [2.05, 4.69) is 19.9 Å². The van der Waals surface area contributed by atoms with Crippen LogP contribution in [0.2, 0.25) is 0 Å². The normalized spacial score (nSPS) is 46.0. The summed E-state index contributed by atoms with van der Waals surface area (Å²) in [7, 11) is 1.87. The number of rotatable bonds is 6. The van der Waals surface area contributed by atoms with Gasteiger partial charge in [0.1, 0.15) is 0 Å². The van der Waals surface area contributed by atoms with Crippen molar-refractivity contribution in [1.29, 1.82) is 0 Å². The number of ether oxygens (including phenoxy) is 1. The minimum absolute atomic E-state index is 0.159. The van der Waals surface area contributed by atoms with Gasteiger partial charge in [0, 0.05) is 12.5 Å². The van der Waals surface area contributed by atoms with E-state index in [1.807, 2.05) is 27.9 Å². The molecule has 8 atom stereocenters. The number of allylic oxidation sites excluding steroid dienone is 1. The first-order valence-corrected chi connectivity index (χ1v) is 13.1. The Hall–Kier alpha value is -0.380. The monoisotopic (exact) mass is 432 g/mol. The van der Waals surface area contributed by atoms with Crippen LogP contribution in [0.1, 0.15) is 98.8 Å². The SMILES string of the molecule is COC[C@]12CC[C@](C)(O)CC1=CC[C@@H]1[C@@H]2CC[C@]2(C)[C@@H]([C@H](C)CCC(C)(C)O)CC[C@@H]12. The molecule has 4 aliphatic carbocycles. The van der Waals surface area contributed by atoms with Crippen LogP contribution in [0.4, 0.5) is 0 Å². The van der Waals surface area contributed by atoms with Crippen molar-refractivity contribution >= 4 is 0 Å². The number of aliphatic hydroxyl groups is 2. The Morgan fingerprint density at radius 1 is 1.13 bits per heavy atom. The van der Waals surface area contributed by atoms with Crippen LogP contribution < -0.4 is 0 Å². The summed E-state index contributed by atoms with van der Waals surface area (Å²) in [6, 6.07) is 0. The fraction of sp³-hybridized carbons (Fsp3) is 0.929. The maximum Gasteiger partial charge on any atom is 0.0657 e. The van der Waals surface area contributed by atoms with E-state index in [1.54, 1.807) is 0 Å². The van der Waals surface area contributed by atoms with Gasteiger partial charge in [-0.2, -0.15) is 0 Å². The highest BCUT2D eigenvalue weighted by Gasteiger charge is 2.60. The molecule has 2 N–H and O–H groups in total. The van der Waals surface area contributed by atoms with Gasteiger partial charge in [-0.1, -0.05) is 25.5 Å². The van der Waals surface area contributed by atoms with E-state index >= 15 is 0 Å². The summed E-state index contributed by atoms with van der Waals surface area (Å²) in [5, 5.41) is 21.0. The molecule has 3 heteroatoms. The highest BCUT2D eigenvalue weighted by Crippen LogP contribution is 2.67. The van der Waals surface area contributed by atoms with Gasteiger partial charge in [-0.3, -0.25) is 0 Å². The zero-order valence-corrected chi connectivity index (χ0v) is 21.0. The zero-order valence-electron chi connectivity index (χ0n) is 21.0. The summed E-state index contributed by atoms with van der Waals surface area (Å²) in [6.07, 6.45) is 14.0. The lowest BCUT2D eigenvalue weighted by atomic mass is 9.46. The molecule has 0 amide bonds. The van der Waals surface area contributed by atoms with Crippen LogP contribution in [0.25, 0.3) is 0 Å². The first-order chi connectivity index (χ1) is 14.4. The number of hydrogen-bond donors (Lipinski definition) is 2. The van der Waals surface area contributed by atoms with Gasteiger partial charge in [-0.15, -0.1) is 0 Å². The standard InChI is InChI=1S/C28H48O3/c1-19(11-13-25(2,3)29)22-9-10-23-21-8-7-20-17-26(4,30)15-16-28(20,18-31-6)24(21)12-14-27(22,23)5/h7,19,21-24,29-30H,8-18H2,1-6H3/t19-,21+,22-,23+,24+,26+,27-,28-/m1/s1. The average molecular weight is 433 g/mol. The minimum Gasteiger partial charge on any atom is -0.390 e. The van der Waals surface area contributed by atoms with Crippen molar-refractivity contribution in [2.24, 2.45) is 40.4 Å². The van der Waals surface area contributed by atoms with Gasteiger partial charge in [0.2, 0.25) is 0 Å². The fourth-order valence-corrected chi connectivity index (χ4v) is 8.89. The molecule has 0 bridgehead atoms. The van der Waals surface area contributed by atoms with Gasteiger partial charge < -0.3 is 14.9 Å². The van der Waals surface area contributed by atoms with Crippen LogP contribution in [0.3, 0.4) is 0 Å². The van der Waals surface area contributed by atoms with Gasteiger partial charge in [0.15, 0.2) is 0 Å². The molecule has 0 unspecified atom stereocenters. The molecule has 0 saturated heterocycles. The smallest absolute Gasteiger partial charge is 0.0657 e. The van der Waals surface area contributed by atoms with Crippen LogP contribution in [-0.2, 0) is 4.74 Å². The molecule has 4 aliphatic rings. The van der Waals surface area contributed by atoms with Crippen molar-refractivity contribution in [2.45, 2.75) is 110 Å². The summed E-state index contributed by atoms with van der Waals surface area (Å²) in [5.41, 5.74) is 1.01. The van der Waals surface area contributed by atoms with Crippen molar-refractivity contribution in [1.82, 2.24) is 0 Å². The highest BCUT2D eigenvalue weighted by atomic mass is 16.5. The van der Waals surface area contributed by atoms with E-state index in [9.17, 15) is 10.2 Å². The first kappa shape index (κ1) is 23.8. The van der Waals surface area contributed by atoms with E-state index in [1.165, 1.54) is 37.7 Å². The third-order valence-electron chi connectivity index (χ3n) is 10.5. The lowest BCUT2D eigenvalue weighted by Gasteiger charge is -2.60. The van der Waals surface area contributed by atoms with Crippen LogP contribution in [0.15, 0.2) is 11.6 Å². The third-order valence-corrected chi connectivity index (χ3v) is 10.5. The quantitative estimate of drug-likeness (QED) is 0.496. The summed E-state index contributed by atoms with van der Waals surface area (Å²) in [4.78, 5) is 0. The topological polar surface area (TPSA) is 49.7 Å². The zero-order chi connectivity index (χ0) is 22.7. The van der Waals surface area contributed by atoms with Gasteiger partial charge in [-0.25, -0.2) is 0 Å². The Morgan fingerprint density at radius 3 is 2.55 bits per heavy atom. The summed E-state index contributed by atoms with van der Waals surface area (Å²) < 4.78 is 5.87. The Kier molecular flexibility index (Phi) is 6.24. The van der Waals surface area contributed by atoms with Crippen molar-refractivity contribution in [2.75, 3.05) is 13.7 Å². The molecule has 3 saturated carbocycles. The van der Waals surface area contributed by atoms with Crippen molar-refractivity contribution in [3.63, 3.8) is 0 Å². The van der Waals surface area contributed by atoms with E-state index in [0.29, 0.717) is 17.3 Å². The molecule has 4 rings (SSSR count). The summed E-state index contributed by atoms with van der Waals surface area (Å²) in [6.45, 7) is 11.8. The second-order valence-corrected chi connectivity index (χ2v) is 13.2. The lowest BCUT2D eigenvalue weighted by Crippen LogP contribution is -2.54. The third kappa shape index (κ3) is 4.17. The number of fused-ring (bicyclic) bond motifs is 5. The van der Waals surface area contributed by atoms with Crippen molar-refractivity contribution < 1.29 is 14.9 Å². The average Bonchev–Trinajstić information content (AvgIpc) is 3.03. The largest absolute Gasteiger partial charge is 0.390 e. The molecule has 0 aliphatic heterocycles. The van der Waals surface area contributed by atoms with Gasteiger partial charge in [0.25, 0.3) is 0 Å². The second kappa shape index (κ2) is 8.13. The maximum atomic E-state index is 10.8. The predicted molar refractivity (Wildman–Crippen MR) is 127 cm³/mol. The van der Waals surface area contributed by atoms with E-state index < -0.39 is 11.2 Å². The van der Waals surface area contributed by atoms with Crippen LogP contribution in [0.5, 0.6) is 0 Å². The molecule has 0 aromatic rings. The first-order valence-electron chi connectivity index (χ1n) is 13.1. The van der Waals surface area contributed by atoms with Crippen LogP contribution >= 0.6 is 0 Å². The second-order valence-electron chi connectivity index (χ2n) is 13.2. The molecule has 3 nitrogen and oxygen atoms in total. The van der Waals surface area contributed by atoms with Crippen LogP contribution in [-0.4, -0.2) is 35.1 Å². The Bertz CT molecular complexity index is 689. The Morgan fingerprint density at radius 2 is 1.87 bits per heavy atom. The minimum atomic E-state index is -0.551. The van der Waals surface area contributed by atoms with Crippen LogP contribution in [0, 0.1) is 40.4 Å².